The standard InChI is InChI=1S/C10H16N4O3/c1-6(9(15)16)13-10(17)11-4-8-5-12-14(3)7(8)2/h5-6H,4H2,1-3H3,(H,15,16)(H2,11,13,17). The van der Waals surface area contributed by atoms with Crippen LogP contribution in [0.2, 0.25) is 0 Å². The Morgan fingerprint density at radius 2 is 2.24 bits per heavy atom. The van der Waals surface area contributed by atoms with Crippen molar-refractivity contribution in [1.82, 2.24) is 20.4 Å². The molecular weight excluding hydrogens is 224 g/mol. The van der Waals surface area contributed by atoms with Gasteiger partial charge in [0.05, 0.1) is 6.20 Å². The molecule has 17 heavy (non-hydrogen) atoms. The van der Waals surface area contributed by atoms with E-state index in [0.717, 1.165) is 11.3 Å². The molecule has 0 spiro atoms. The Morgan fingerprint density at radius 1 is 1.59 bits per heavy atom. The maximum absolute atomic E-state index is 11.3. The van der Waals surface area contributed by atoms with Gasteiger partial charge in [0.2, 0.25) is 0 Å². The summed E-state index contributed by atoms with van der Waals surface area (Å²) in [7, 11) is 1.81. The van der Waals surface area contributed by atoms with Crippen molar-refractivity contribution in [3.05, 3.63) is 17.5 Å². The second-order valence-electron chi connectivity index (χ2n) is 3.77. The summed E-state index contributed by atoms with van der Waals surface area (Å²) in [5, 5.41) is 17.5. The molecular formula is C10H16N4O3. The maximum Gasteiger partial charge on any atom is 0.325 e. The largest absolute Gasteiger partial charge is 0.480 e. The SMILES string of the molecule is Cc1c(CNC(=O)NC(C)C(=O)O)cnn1C. The van der Waals surface area contributed by atoms with Crippen molar-refractivity contribution in [2.75, 3.05) is 0 Å². The number of carboxylic acids is 1. The van der Waals surface area contributed by atoms with Gasteiger partial charge in [-0.2, -0.15) is 5.10 Å². The van der Waals surface area contributed by atoms with Crippen LogP contribution in [0.5, 0.6) is 0 Å². The number of hydrogen-bond donors (Lipinski definition) is 3. The number of amides is 2. The van der Waals surface area contributed by atoms with Crippen LogP contribution < -0.4 is 10.6 Å². The van der Waals surface area contributed by atoms with Crippen molar-refractivity contribution in [2.24, 2.45) is 7.05 Å². The molecule has 0 aliphatic heterocycles. The van der Waals surface area contributed by atoms with Gasteiger partial charge in [-0.15, -0.1) is 0 Å². The molecule has 1 unspecified atom stereocenters. The van der Waals surface area contributed by atoms with Gasteiger partial charge in [-0.3, -0.25) is 9.48 Å². The summed E-state index contributed by atoms with van der Waals surface area (Å²) in [5.41, 5.74) is 1.85. The third kappa shape index (κ3) is 3.47. The van der Waals surface area contributed by atoms with E-state index >= 15 is 0 Å². The van der Waals surface area contributed by atoms with Crippen LogP contribution in [0.4, 0.5) is 4.79 Å². The molecule has 0 fully saturated rings. The van der Waals surface area contributed by atoms with Crippen LogP contribution in [0.25, 0.3) is 0 Å². The molecule has 1 aromatic heterocycles. The number of carboxylic acid groups (broad SMARTS) is 1. The minimum Gasteiger partial charge on any atom is -0.480 e. The maximum atomic E-state index is 11.3. The van der Waals surface area contributed by atoms with E-state index in [4.69, 9.17) is 5.11 Å². The highest BCUT2D eigenvalue weighted by atomic mass is 16.4. The molecule has 1 heterocycles. The fourth-order valence-corrected chi connectivity index (χ4v) is 1.20. The van der Waals surface area contributed by atoms with Crippen LogP contribution in [0.15, 0.2) is 6.20 Å². The van der Waals surface area contributed by atoms with Gasteiger partial charge in [0, 0.05) is 24.8 Å². The first-order valence-corrected chi connectivity index (χ1v) is 5.16. The number of rotatable bonds is 4. The van der Waals surface area contributed by atoms with E-state index in [0.29, 0.717) is 6.54 Å². The van der Waals surface area contributed by atoms with Gasteiger partial charge in [-0.05, 0) is 13.8 Å². The Hall–Kier alpha value is -2.05. The quantitative estimate of drug-likeness (QED) is 0.690. The fraction of sp³-hybridized carbons (Fsp3) is 0.500. The molecule has 2 amide bonds. The van der Waals surface area contributed by atoms with E-state index in [9.17, 15) is 9.59 Å². The van der Waals surface area contributed by atoms with Gasteiger partial charge in [-0.1, -0.05) is 0 Å². The topological polar surface area (TPSA) is 96.2 Å². The third-order valence-electron chi connectivity index (χ3n) is 2.49. The molecule has 7 heteroatoms. The fourth-order valence-electron chi connectivity index (χ4n) is 1.20. The second-order valence-corrected chi connectivity index (χ2v) is 3.77. The van der Waals surface area contributed by atoms with Crippen molar-refractivity contribution >= 4 is 12.0 Å². The summed E-state index contributed by atoms with van der Waals surface area (Å²) in [6.45, 7) is 3.61. The van der Waals surface area contributed by atoms with Crippen molar-refractivity contribution in [2.45, 2.75) is 26.4 Å². The first-order valence-electron chi connectivity index (χ1n) is 5.16. The summed E-state index contributed by atoms with van der Waals surface area (Å²) in [5.74, 6) is -1.07. The van der Waals surface area contributed by atoms with Crippen LogP contribution in [0.1, 0.15) is 18.2 Å². The number of aromatic nitrogens is 2. The predicted molar refractivity (Wildman–Crippen MR) is 60.4 cm³/mol. The zero-order chi connectivity index (χ0) is 13.0. The molecule has 0 saturated heterocycles. The van der Waals surface area contributed by atoms with E-state index < -0.39 is 18.0 Å². The molecule has 0 aromatic carbocycles. The Labute approximate surface area is 98.8 Å². The summed E-state index contributed by atoms with van der Waals surface area (Å²) >= 11 is 0. The number of carbonyl (C=O) groups is 2. The molecule has 1 rings (SSSR count). The van der Waals surface area contributed by atoms with Gasteiger partial charge in [-0.25, -0.2) is 4.79 Å². The van der Waals surface area contributed by atoms with Gasteiger partial charge >= 0.3 is 12.0 Å². The molecule has 0 saturated carbocycles. The minimum absolute atomic E-state index is 0.317. The lowest BCUT2D eigenvalue weighted by Gasteiger charge is -2.10. The van der Waals surface area contributed by atoms with Crippen LogP contribution in [-0.4, -0.2) is 32.9 Å². The average molecular weight is 240 g/mol. The van der Waals surface area contributed by atoms with Crippen molar-refractivity contribution in [1.29, 1.82) is 0 Å². The Kier molecular flexibility index (Phi) is 4.08. The highest BCUT2D eigenvalue weighted by molar-refractivity contribution is 5.82. The smallest absolute Gasteiger partial charge is 0.325 e. The normalized spacial score (nSPS) is 11.9. The van der Waals surface area contributed by atoms with Crippen LogP contribution in [-0.2, 0) is 18.4 Å². The highest BCUT2D eigenvalue weighted by Crippen LogP contribution is 2.04. The number of aryl methyl sites for hydroxylation is 1. The van der Waals surface area contributed by atoms with Gasteiger partial charge < -0.3 is 15.7 Å². The predicted octanol–water partition coefficient (Wildman–Crippen LogP) is 0.000820. The molecule has 3 N–H and O–H groups in total. The molecule has 0 radical (unpaired) electrons. The first-order chi connectivity index (χ1) is 7.91. The monoisotopic (exact) mass is 240 g/mol. The van der Waals surface area contributed by atoms with Crippen molar-refractivity contribution in [3.8, 4) is 0 Å². The summed E-state index contributed by atoms with van der Waals surface area (Å²) in [6.07, 6.45) is 1.66. The number of carbonyl (C=O) groups excluding carboxylic acids is 1. The van der Waals surface area contributed by atoms with Crippen molar-refractivity contribution < 1.29 is 14.7 Å². The Bertz CT molecular complexity index is 427. The Morgan fingerprint density at radius 3 is 2.71 bits per heavy atom. The number of hydrogen-bond acceptors (Lipinski definition) is 3. The third-order valence-corrected chi connectivity index (χ3v) is 2.49. The minimum atomic E-state index is -1.07. The average Bonchev–Trinajstić information content (AvgIpc) is 2.57. The zero-order valence-corrected chi connectivity index (χ0v) is 10.0. The molecule has 1 aromatic rings. The van der Waals surface area contributed by atoms with E-state index in [-0.39, 0.29) is 0 Å². The molecule has 0 aliphatic rings. The number of nitrogens with one attached hydrogen (secondary N) is 2. The van der Waals surface area contributed by atoms with Crippen LogP contribution in [0.3, 0.4) is 0 Å². The molecule has 7 nitrogen and oxygen atoms in total. The van der Waals surface area contributed by atoms with E-state index in [2.05, 4.69) is 15.7 Å². The van der Waals surface area contributed by atoms with Gasteiger partial charge in [0.25, 0.3) is 0 Å². The van der Waals surface area contributed by atoms with Crippen molar-refractivity contribution in [3.63, 3.8) is 0 Å². The summed E-state index contributed by atoms with van der Waals surface area (Å²) in [6, 6.07) is -1.42. The Balaban J connectivity index is 2.44. The van der Waals surface area contributed by atoms with E-state index in [1.165, 1.54) is 6.92 Å². The number of aliphatic carboxylic acids is 1. The second kappa shape index (κ2) is 5.33. The van der Waals surface area contributed by atoms with Gasteiger partial charge in [0.15, 0.2) is 0 Å². The van der Waals surface area contributed by atoms with Crippen LogP contribution >= 0.6 is 0 Å². The highest BCUT2D eigenvalue weighted by Gasteiger charge is 2.13. The first kappa shape index (κ1) is 13.0. The number of nitrogens with zero attached hydrogens (tertiary/aromatic N) is 2. The molecule has 0 bridgehead atoms. The number of urea groups is 1. The van der Waals surface area contributed by atoms with E-state index in [1.807, 2.05) is 14.0 Å². The molecule has 94 valence electrons. The molecule has 0 aliphatic carbocycles. The summed E-state index contributed by atoms with van der Waals surface area (Å²) < 4.78 is 1.70. The lowest BCUT2D eigenvalue weighted by atomic mass is 10.2. The van der Waals surface area contributed by atoms with E-state index in [1.54, 1.807) is 10.9 Å². The van der Waals surface area contributed by atoms with Crippen LogP contribution in [0, 0.1) is 6.92 Å². The lowest BCUT2D eigenvalue weighted by molar-refractivity contribution is -0.138. The lowest BCUT2D eigenvalue weighted by Crippen LogP contribution is -2.44. The zero-order valence-electron chi connectivity index (χ0n) is 10.0. The van der Waals surface area contributed by atoms with Gasteiger partial charge in [0.1, 0.15) is 6.04 Å². The molecule has 1 atom stereocenters. The summed E-state index contributed by atoms with van der Waals surface area (Å²) in [4.78, 5) is 21.8.